The molecule has 2 N–H and O–H groups in total. The molecule has 1 atom stereocenters. The van der Waals surface area contributed by atoms with Gasteiger partial charge in [-0.1, -0.05) is 18.2 Å². The minimum Gasteiger partial charge on any atom is -0.481 e. The van der Waals surface area contributed by atoms with E-state index in [4.69, 9.17) is 9.52 Å². The Bertz CT molecular complexity index is 554. The molecule has 0 aliphatic carbocycles. The van der Waals surface area contributed by atoms with Crippen LogP contribution in [0, 0.1) is 0 Å². The molecule has 0 saturated carbocycles. The zero-order chi connectivity index (χ0) is 13.1. The standard InChI is InChI=1S/C13H13NO4/c1-8(6-12(15)16)14-13(17)11-7-9-4-2-3-5-10(9)18-11/h2-5,7-8H,6H2,1H3,(H,14,17)(H,15,16). The molecule has 0 bridgehead atoms. The first-order valence-electron chi connectivity index (χ1n) is 5.57. The van der Waals surface area contributed by atoms with Crippen molar-refractivity contribution in [2.45, 2.75) is 19.4 Å². The Morgan fingerprint density at radius 2 is 2.11 bits per heavy atom. The van der Waals surface area contributed by atoms with Gasteiger partial charge < -0.3 is 14.8 Å². The highest BCUT2D eigenvalue weighted by molar-refractivity contribution is 5.96. The Labute approximate surface area is 103 Å². The number of rotatable bonds is 4. The number of aliphatic carboxylic acids is 1. The van der Waals surface area contributed by atoms with Crippen molar-refractivity contribution in [2.75, 3.05) is 0 Å². The van der Waals surface area contributed by atoms with Gasteiger partial charge in [0, 0.05) is 11.4 Å². The van der Waals surface area contributed by atoms with Gasteiger partial charge in [-0.05, 0) is 19.1 Å². The smallest absolute Gasteiger partial charge is 0.305 e. The molecule has 0 aliphatic rings. The molecule has 0 saturated heterocycles. The summed E-state index contributed by atoms with van der Waals surface area (Å²) in [5.74, 6) is -1.17. The van der Waals surface area contributed by atoms with Crippen molar-refractivity contribution in [3.63, 3.8) is 0 Å². The summed E-state index contributed by atoms with van der Waals surface area (Å²) < 4.78 is 5.38. The molecule has 0 radical (unpaired) electrons. The summed E-state index contributed by atoms with van der Waals surface area (Å²) in [6.07, 6.45) is -0.119. The van der Waals surface area contributed by atoms with Crippen molar-refractivity contribution in [1.29, 1.82) is 0 Å². The van der Waals surface area contributed by atoms with Gasteiger partial charge in [0.15, 0.2) is 5.76 Å². The van der Waals surface area contributed by atoms with Gasteiger partial charge in [-0.15, -0.1) is 0 Å². The van der Waals surface area contributed by atoms with Gasteiger partial charge in [-0.3, -0.25) is 9.59 Å². The van der Waals surface area contributed by atoms with Crippen LogP contribution in [0.15, 0.2) is 34.7 Å². The zero-order valence-corrected chi connectivity index (χ0v) is 9.84. The molecule has 2 rings (SSSR count). The molecule has 1 amide bonds. The molecule has 2 aromatic rings. The van der Waals surface area contributed by atoms with E-state index in [1.54, 1.807) is 19.1 Å². The van der Waals surface area contributed by atoms with E-state index in [0.717, 1.165) is 5.39 Å². The van der Waals surface area contributed by atoms with Gasteiger partial charge in [-0.25, -0.2) is 0 Å². The number of hydrogen-bond donors (Lipinski definition) is 2. The number of carbonyl (C=O) groups excluding carboxylic acids is 1. The summed E-state index contributed by atoms with van der Waals surface area (Å²) in [5, 5.41) is 12.0. The van der Waals surface area contributed by atoms with E-state index < -0.39 is 17.9 Å². The molecule has 1 heterocycles. The SMILES string of the molecule is CC(CC(=O)O)NC(=O)c1cc2ccccc2o1. The lowest BCUT2D eigenvalue weighted by molar-refractivity contribution is -0.137. The van der Waals surface area contributed by atoms with Crippen LogP contribution in [0.1, 0.15) is 23.9 Å². The number of hydrogen-bond acceptors (Lipinski definition) is 3. The minimum atomic E-state index is -0.951. The van der Waals surface area contributed by atoms with E-state index in [2.05, 4.69) is 5.32 Å². The van der Waals surface area contributed by atoms with Crippen LogP contribution in [0.2, 0.25) is 0 Å². The van der Waals surface area contributed by atoms with Gasteiger partial charge >= 0.3 is 5.97 Å². The van der Waals surface area contributed by atoms with Gasteiger partial charge in [-0.2, -0.15) is 0 Å². The van der Waals surface area contributed by atoms with Crippen LogP contribution in [0.25, 0.3) is 11.0 Å². The van der Waals surface area contributed by atoms with Gasteiger partial charge in [0.1, 0.15) is 5.58 Å². The van der Waals surface area contributed by atoms with Crippen LogP contribution < -0.4 is 5.32 Å². The van der Waals surface area contributed by atoms with E-state index in [1.165, 1.54) is 0 Å². The summed E-state index contributed by atoms with van der Waals surface area (Å²) in [6, 6.07) is 8.48. The maximum Gasteiger partial charge on any atom is 0.305 e. The first-order valence-corrected chi connectivity index (χ1v) is 5.57. The highest BCUT2D eigenvalue weighted by Crippen LogP contribution is 2.18. The molecule has 1 unspecified atom stereocenters. The normalized spacial score (nSPS) is 12.3. The molecule has 0 spiro atoms. The summed E-state index contributed by atoms with van der Waals surface area (Å²) in [7, 11) is 0. The fraction of sp³-hybridized carbons (Fsp3) is 0.231. The Kier molecular flexibility index (Phi) is 3.32. The van der Waals surface area contributed by atoms with E-state index >= 15 is 0 Å². The third-order valence-electron chi connectivity index (χ3n) is 2.51. The molecular weight excluding hydrogens is 234 g/mol. The largest absolute Gasteiger partial charge is 0.481 e. The quantitative estimate of drug-likeness (QED) is 0.866. The van der Waals surface area contributed by atoms with E-state index in [-0.39, 0.29) is 12.2 Å². The highest BCUT2D eigenvalue weighted by atomic mass is 16.4. The summed E-state index contributed by atoms with van der Waals surface area (Å²) >= 11 is 0. The van der Waals surface area contributed by atoms with E-state index in [9.17, 15) is 9.59 Å². The van der Waals surface area contributed by atoms with Gasteiger partial charge in [0.05, 0.1) is 6.42 Å². The van der Waals surface area contributed by atoms with E-state index in [1.807, 2.05) is 18.2 Å². The average molecular weight is 247 g/mol. The fourth-order valence-electron chi connectivity index (χ4n) is 1.70. The molecular formula is C13H13NO4. The number of fused-ring (bicyclic) bond motifs is 1. The third-order valence-corrected chi connectivity index (χ3v) is 2.51. The Morgan fingerprint density at radius 1 is 1.39 bits per heavy atom. The predicted octanol–water partition coefficient (Wildman–Crippen LogP) is 2.03. The second-order valence-corrected chi connectivity index (χ2v) is 4.12. The number of carboxylic acids is 1. The van der Waals surface area contributed by atoms with E-state index in [0.29, 0.717) is 5.58 Å². The Hall–Kier alpha value is -2.30. The summed E-state index contributed by atoms with van der Waals surface area (Å²) in [6.45, 7) is 1.63. The predicted molar refractivity (Wildman–Crippen MR) is 65.4 cm³/mol. The summed E-state index contributed by atoms with van der Waals surface area (Å²) in [4.78, 5) is 22.3. The third kappa shape index (κ3) is 2.68. The van der Waals surface area contributed by atoms with Crippen LogP contribution in [-0.4, -0.2) is 23.0 Å². The number of carboxylic acid groups (broad SMARTS) is 1. The molecule has 1 aromatic carbocycles. The maximum absolute atomic E-state index is 11.8. The van der Waals surface area contributed by atoms with Crippen LogP contribution in [0.3, 0.4) is 0 Å². The maximum atomic E-state index is 11.8. The van der Waals surface area contributed by atoms with Crippen molar-refractivity contribution in [3.05, 3.63) is 36.1 Å². The number of nitrogens with one attached hydrogen (secondary N) is 1. The van der Waals surface area contributed by atoms with Crippen molar-refractivity contribution >= 4 is 22.8 Å². The Morgan fingerprint density at radius 3 is 2.78 bits per heavy atom. The highest BCUT2D eigenvalue weighted by Gasteiger charge is 2.15. The van der Waals surface area contributed by atoms with Crippen LogP contribution in [0.4, 0.5) is 0 Å². The number of benzene rings is 1. The first kappa shape index (κ1) is 12.2. The lowest BCUT2D eigenvalue weighted by Crippen LogP contribution is -2.33. The molecule has 5 heteroatoms. The van der Waals surface area contributed by atoms with Gasteiger partial charge in [0.25, 0.3) is 5.91 Å². The summed E-state index contributed by atoms with van der Waals surface area (Å²) in [5.41, 5.74) is 0.633. The molecule has 0 aliphatic heterocycles. The monoisotopic (exact) mass is 247 g/mol. The van der Waals surface area contributed by atoms with Crippen LogP contribution in [0.5, 0.6) is 0 Å². The van der Waals surface area contributed by atoms with Crippen LogP contribution >= 0.6 is 0 Å². The average Bonchev–Trinajstić information content (AvgIpc) is 2.71. The lowest BCUT2D eigenvalue weighted by atomic mass is 10.2. The molecule has 94 valence electrons. The molecule has 5 nitrogen and oxygen atoms in total. The zero-order valence-electron chi connectivity index (χ0n) is 9.84. The van der Waals surface area contributed by atoms with Crippen molar-refractivity contribution < 1.29 is 19.1 Å². The second kappa shape index (κ2) is 4.91. The van der Waals surface area contributed by atoms with Gasteiger partial charge in [0.2, 0.25) is 0 Å². The van der Waals surface area contributed by atoms with Crippen molar-refractivity contribution in [2.24, 2.45) is 0 Å². The minimum absolute atomic E-state index is 0.119. The topological polar surface area (TPSA) is 79.5 Å². The molecule has 1 aromatic heterocycles. The number of furan rings is 1. The Balaban J connectivity index is 2.11. The van der Waals surface area contributed by atoms with Crippen LogP contribution in [-0.2, 0) is 4.79 Å². The van der Waals surface area contributed by atoms with Crippen molar-refractivity contribution in [1.82, 2.24) is 5.32 Å². The van der Waals surface area contributed by atoms with Crippen molar-refractivity contribution in [3.8, 4) is 0 Å². The molecule has 0 fully saturated rings. The number of amides is 1. The molecule has 18 heavy (non-hydrogen) atoms. The number of para-hydroxylation sites is 1. The lowest BCUT2D eigenvalue weighted by Gasteiger charge is -2.09. The second-order valence-electron chi connectivity index (χ2n) is 4.12. The fourth-order valence-corrected chi connectivity index (χ4v) is 1.70. The first-order chi connectivity index (χ1) is 8.56. The number of carbonyl (C=O) groups is 2.